The monoisotopic (exact) mass is 776 g/mol. The highest BCUT2D eigenvalue weighted by Gasteiger charge is 2.16. The molecule has 0 fully saturated rings. The Morgan fingerprint density at radius 1 is 0.295 bits per heavy atom. The summed E-state index contributed by atoms with van der Waals surface area (Å²) in [6.07, 6.45) is 0. The van der Waals surface area contributed by atoms with Gasteiger partial charge in [0.25, 0.3) is 0 Å². The Bertz CT molecular complexity index is 3610. The lowest BCUT2D eigenvalue weighted by Crippen LogP contribution is -1.96. The van der Waals surface area contributed by atoms with Crippen molar-refractivity contribution in [1.82, 2.24) is 9.97 Å². The number of para-hydroxylation sites is 1. The Morgan fingerprint density at radius 2 is 0.852 bits per heavy atom. The van der Waals surface area contributed by atoms with Crippen molar-refractivity contribution in [3.05, 3.63) is 218 Å². The van der Waals surface area contributed by atoms with Gasteiger partial charge in [-0.2, -0.15) is 0 Å². The first kappa shape index (κ1) is 34.9. The van der Waals surface area contributed by atoms with Crippen molar-refractivity contribution >= 4 is 54.3 Å². The third-order valence-electron chi connectivity index (χ3n) is 12.1. The zero-order valence-electron chi connectivity index (χ0n) is 33.1. The molecule has 10 aromatic carbocycles. The molecule has 12 rings (SSSR count). The van der Waals surface area contributed by atoms with Gasteiger partial charge >= 0.3 is 0 Å². The molecule has 0 aliphatic heterocycles. The van der Waals surface area contributed by atoms with Crippen molar-refractivity contribution in [2.45, 2.75) is 0 Å². The van der Waals surface area contributed by atoms with Gasteiger partial charge in [-0.05, 0) is 90.0 Å². The largest absolute Gasteiger partial charge is 0.456 e. The highest BCUT2D eigenvalue weighted by Crippen LogP contribution is 2.41. The standard InChI is InChI=1S/C58H36N2O/c1-2-12-44(13-3-1)58-59-52(36-53(60-58)42-29-25-40(26-30-42)47-18-10-20-55-57(47)50-17-8-9-19-54(50)61-55)41-27-21-37(22-28-41)38-23-31-43(32-24-38)56-48-16-7-5-14-45(48)35-51-46-15-6-4-11-39(46)33-34-49(51)56/h1-36H. The molecule has 0 saturated carbocycles. The van der Waals surface area contributed by atoms with E-state index in [0.717, 1.165) is 72.3 Å². The molecule has 0 aliphatic carbocycles. The summed E-state index contributed by atoms with van der Waals surface area (Å²) in [4.78, 5) is 10.2. The molecule has 0 radical (unpaired) electrons. The van der Waals surface area contributed by atoms with Crippen LogP contribution in [0.2, 0.25) is 0 Å². The molecule has 284 valence electrons. The average Bonchev–Trinajstić information content (AvgIpc) is 3.73. The Hall–Kier alpha value is -8.14. The van der Waals surface area contributed by atoms with Crippen LogP contribution in [-0.4, -0.2) is 9.97 Å². The minimum Gasteiger partial charge on any atom is -0.456 e. The smallest absolute Gasteiger partial charge is 0.160 e. The first-order valence-electron chi connectivity index (χ1n) is 20.7. The van der Waals surface area contributed by atoms with Crippen molar-refractivity contribution in [2.24, 2.45) is 0 Å². The molecule has 0 spiro atoms. The number of aromatic nitrogens is 2. The van der Waals surface area contributed by atoms with E-state index in [1.807, 2.05) is 36.4 Å². The number of furan rings is 1. The molecule has 0 bridgehead atoms. The van der Waals surface area contributed by atoms with Crippen LogP contribution in [0.3, 0.4) is 0 Å². The number of hydrogen-bond donors (Lipinski definition) is 0. The van der Waals surface area contributed by atoms with Gasteiger partial charge in [0.15, 0.2) is 5.82 Å². The van der Waals surface area contributed by atoms with Crippen LogP contribution in [0.25, 0.3) is 122 Å². The Morgan fingerprint density at radius 3 is 1.57 bits per heavy atom. The molecule has 2 aromatic heterocycles. The van der Waals surface area contributed by atoms with Gasteiger partial charge in [-0.15, -0.1) is 0 Å². The van der Waals surface area contributed by atoms with Crippen molar-refractivity contribution in [3.8, 4) is 67.3 Å². The van der Waals surface area contributed by atoms with Crippen LogP contribution in [0.1, 0.15) is 0 Å². The molecular formula is C58H36N2O. The zero-order chi connectivity index (χ0) is 40.3. The molecule has 2 heterocycles. The summed E-state index contributed by atoms with van der Waals surface area (Å²) in [5.41, 5.74) is 13.6. The summed E-state index contributed by atoms with van der Waals surface area (Å²) in [5.74, 6) is 0.695. The fourth-order valence-electron chi connectivity index (χ4n) is 9.09. The lowest BCUT2D eigenvalue weighted by molar-refractivity contribution is 0.669. The van der Waals surface area contributed by atoms with Crippen LogP contribution in [-0.2, 0) is 0 Å². The van der Waals surface area contributed by atoms with E-state index in [2.05, 4.69) is 182 Å². The first-order valence-corrected chi connectivity index (χ1v) is 20.7. The minimum absolute atomic E-state index is 0.695. The maximum atomic E-state index is 6.19. The molecule has 61 heavy (non-hydrogen) atoms. The second kappa shape index (κ2) is 14.3. The SMILES string of the molecule is c1ccc(-c2nc(-c3ccc(-c4ccc(-c5c6ccccc6cc6c5ccc5ccccc56)cc4)cc3)cc(-c3ccc(-c4cccc5oc6ccccc6c45)cc3)n2)cc1. The third-order valence-corrected chi connectivity index (χ3v) is 12.1. The summed E-state index contributed by atoms with van der Waals surface area (Å²) >= 11 is 0. The lowest BCUT2D eigenvalue weighted by Gasteiger charge is -2.14. The first-order chi connectivity index (χ1) is 30.2. The van der Waals surface area contributed by atoms with Gasteiger partial charge in [0.05, 0.1) is 11.4 Å². The maximum absolute atomic E-state index is 6.19. The van der Waals surface area contributed by atoms with Crippen LogP contribution in [0.15, 0.2) is 223 Å². The van der Waals surface area contributed by atoms with E-state index in [9.17, 15) is 0 Å². The van der Waals surface area contributed by atoms with Gasteiger partial charge in [-0.1, -0.05) is 194 Å². The van der Waals surface area contributed by atoms with Crippen LogP contribution in [0, 0.1) is 0 Å². The summed E-state index contributed by atoms with van der Waals surface area (Å²) in [7, 11) is 0. The normalized spacial score (nSPS) is 11.6. The van der Waals surface area contributed by atoms with Gasteiger partial charge in [0.1, 0.15) is 11.2 Å². The van der Waals surface area contributed by atoms with E-state index in [1.165, 1.54) is 43.4 Å². The van der Waals surface area contributed by atoms with Gasteiger partial charge in [-0.25, -0.2) is 9.97 Å². The van der Waals surface area contributed by atoms with Crippen LogP contribution in [0.5, 0.6) is 0 Å². The minimum atomic E-state index is 0.695. The predicted octanol–water partition coefficient (Wildman–Crippen LogP) is 15.8. The average molecular weight is 777 g/mol. The molecule has 3 nitrogen and oxygen atoms in total. The molecule has 0 saturated heterocycles. The molecular weight excluding hydrogens is 741 g/mol. The number of hydrogen-bond acceptors (Lipinski definition) is 3. The number of rotatable bonds is 6. The summed E-state index contributed by atoms with van der Waals surface area (Å²) in [5, 5.41) is 9.85. The van der Waals surface area contributed by atoms with Gasteiger partial charge in [0, 0.05) is 27.5 Å². The Balaban J connectivity index is 0.889. The van der Waals surface area contributed by atoms with E-state index in [4.69, 9.17) is 14.4 Å². The topological polar surface area (TPSA) is 38.9 Å². The highest BCUT2D eigenvalue weighted by molar-refractivity contribution is 6.20. The number of fused-ring (bicyclic) bond motifs is 7. The maximum Gasteiger partial charge on any atom is 0.160 e. The molecule has 0 N–H and O–H groups in total. The Kier molecular flexibility index (Phi) is 8.17. The van der Waals surface area contributed by atoms with Gasteiger partial charge < -0.3 is 4.42 Å². The van der Waals surface area contributed by atoms with Crippen molar-refractivity contribution in [3.63, 3.8) is 0 Å². The molecule has 0 atom stereocenters. The molecule has 0 aliphatic rings. The molecule has 0 amide bonds. The summed E-state index contributed by atoms with van der Waals surface area (Å²) in [6.45, 7) is 0. The van der Waals surface area contributed by atoms with E-state index in [1.54, 1.807) is 0 Å². The quantitative estimate of drug-likeness (QED) is 0.125. The second-order valence-corrected chi connectivity index (χ2v) is 15.7. The molecule has 12 aromatic rings. The van der Waals surface area contributed by atoms with E-state index < -0.39 is 0 Å². The van der Waals surface area contributed by atoms with Crippen molar-refractivity contribution < 1.29 is 4.42 Å². The fraction of sp³-hybridized carbons (Fsp3) is 0. The second-order valence-electron chi connectivity index (χ2n) is 15.7. The van der Waals surface area contributed by atoms with Gasteiger partial charge in [-0.3, -0.25) is 0 Å². The fourth-order valence-corrected chi connectivity index (χ4v) is 9.09. The van der Waals surface area contributed by atoms with Crippen LogP contribution < -0.4 is 0 Å². The Labute approximate surface area is 352 Å². The third kappa shape index (κ3) is 6.06. The van der Waals surface area contributed by atoms with Gasteiger partial charge in [0.2, 0.25) is 0 Å². The lowest BCUT2D eigenvalue weighted by atomic mass is 9.89. The van der Waals surface area contributed by atoms with E-state index >= 15 is 0 Å². The van der Waals surface area contributed by atoms with Crippen LogP contribution in [0.4, 0.5) is 0 Å². The highest BCUT2D eigenvalue weighted by atomic mass is 16.3. The molecule has 3 heteroatoms. The summed E-state index contributed by atoms with van der Waals surface area (Å²) < 4.78 is 6.19. The van der Waals surface area contributed by atoms with Crippen molar-refractivity contribution in [2.75, 3.05) is 0 Å². The van der Waals surface area contributed by atoms with E-state index in [-0.39, 0.29) is 0 Å². The zero-order valence-corrected chi connectivity index (χ0v) is 33.1. The summed E-state index contributed by atoms with van der Waals surface area (Å²) in [6, 6.07) is 77.6. The van der Waals surface area contributed by atoms with Crippen molar-refractivity contribution in [1.29, 1.82) is 0 Å². The number of benzene rings is 10. The predicted molar refractivity (Wildman–Crippen MR) is 254 cm³/mol. The molecule has 0 unspecified atom stereocenters. The number of nitrogens with zero attached hydrogens (tertiary/aromatic N) is 2. The van der Waals surface area contributed by atoms with Crippen LogP contribution >= 0.6 is 0 Å². The van der Waals surface area contributed by atoms with E-state index in [0.29, 0.717) is 5.82 Å².